The number of morpholine rings is 1. The Balaban J connectivity index is 1.58. The lowest BCUT2D eigenvalue weighted by atomic mass is 10.1. The number of hydrogen-bond acceptors (Lipinski definition) is 7. The molecule has 0 spiro atoms. The molecule has 0 amide bonds. The van der Waals surface area contributed by atoms with Crippen LogP contribution in [0.1, 0.15) is 0 Å². The van der Waals surface area contributed by atoms with E-state index in [0.29, 0.717) is 22.7 Å². The van der Waals surface area contributed by atoms with Gasteiger partial charge in [0.05, 0.1) is 31.5 Å². The third kappa shape index (κ3) is 4.55. The molecule has 1 fully saturated rings. The van der Waals surface area contributed by atoms with E-state index < -0.39 is 5.82 Å². The summed E-state index contributed by atoms with van der Waals surface area (Å²) < 4.78 is 31.0. The summed E-state index contributed by atoms with van der Waals surface area (Å²) in [5, 5.41) is 4.19. The maximum absolute atomic E-state index is 14.2. The third-order valence-electron chi connectivity index (χ3n) is 5.05. The van der Waals surface area contributed by atoms with Crippen molar-refractivity contribution in [2.75, 3.05) is 57.6 Å². The molecule has 1 aliphatic heterocycles. The number of rotatable bonds is 7. The highest BCUT2D eigenvalue weighted by atomic mass is 19.1. The summed E-state index contributed by atoms with van der Waals surface area (Å²) in [6, 6.07) is 9.83. The average Bonchev–Trinajstić information content (AvgIpc) is 2.76. The Hall–Kier alpha value is -3.10. The molecule has 1 aliphatic rings. The van der Waals surface area contributed by atoms with Gasteiger partial charge in [-0.15, -0.1) is 0 Å². The van der Waals surface area contributed by atoms with Crippen LogP contribution in [0.3, 0.4) is 0 Å². The van der Waals surface area contributed by atoms with E-state index in [1.807, 2.05) is 12.1 Å². The van der Waals surface area contributed by atoms with Crippen LogP contribution in [0.4, 0.5) is 15.8 Å². The number of aromatic nitrogens is 1. The number of hydrogen-bond donors (Lipinski definition) is 2. The van der Waals surface area contributed by atoms with Crippen LogP contribution in [0.25, 0.3) is 10.9 Å². The molecule has 7 nitrogen and oxygen atoms in total. The number of methoxy groups -OCH3 is 1. The molecule has 1 aromatic heterocycles. The highest BCUT2D eigenvalue weighted by Crippen LogP contribution is 2.36. The molecule has 0 unspecified atom stereocenters. The van der Waals surface area contributed by atoms with Crippen molar-refractivity contribution in [1.29, 1.82) is 0 Å². The van der Waals surface area contributed by atoms with E-state index in [2.05, 4.69) is 15.2 Å². The summed E-state index contributed by atoms with van der Waals surface area (Å²) in [6.07, 6.45) is 1.62. The fraction of sp³-hybridized carbons (Fsp3) is 0.318. The molecule has 8 heteroatoms. The first kappa shape index (κ1) is 20.2. The standard InChI is InChI=1S/C22H25FN4O3/c1-28-22-14-18-16(13-19(22)26-6-7-27-8-10-29-11-9-27)20(4-5-25-18)30-21-3-2-15(24)12-17(21)23/h2-5,12-14,26H,6-11,24H2,1H3. The Morgan fingerprint density at radius 2 is 1.97 bits per heavy atom. The van der Waals surface area contributed by atoms with Gasteiger partial charge in [-0.1, -0.05) is 0 Å². The molecule has 30 heavy (non-hydrogen) atoms. The second kappa shape index (κ2) is 9.15. The molecule has 0 atom stereocenters. The minimum absolute atomic E-state index is 0.106. The van der Waals surface area contributed by atoms with E-state index in [1.165, 1.54) is 12.1 Å². The molecule has 3 aromatic rings. The van der Waals surface area contributed by atoms with E-state index in [4.69, 9.17) is 19.9 Å². The van der Waals surface area contributed by atoms with Crippen molar-refractivity contribution in [1.82, 2.24) is 9.88 Å². The molecule has 2 heterocycles. The highest BCUT2D eigenvalue weighted by Gasteiger charge is 2.14. The number of nitrogens with zero attached hydrogens (tertiary/aromatic N) is 2. The zero-order valence-corrected chi connectivity index (χ0v) is 16.9. The van der Waals surface area contributed by atoms with Crippen molar-refractivity contribution in [3.8, 4) is 17.2 Å². The zero-order chi connectivity index (χ0) is 20.9. The molecule has 0 saturated carbocycles. The van der Waals surface area contributed by atoms with Crippen molar-refractivity contribution < 1.29 is 18.6 Å². The van der Waals surface area contributed by atoms with Crippen LogP contribution in [-0.4, -0.2) is 56.4 Å². The van der Waals surface area contributed by atoms with E-state index in [1.54, 1.807) is 25.4 Å². The number of anilines is 2. The van der Waals surface area contributed by atoms with Gasteiger partial charge in [0.2, 0.25) is 0 Å². The average molecular weight is 412 g/mol. The number of nitrogens with two attached hydrogens (primary N) is 1. The van der Waals surface area contributed by atoms with Crippen molar-refractivity contribution in [3.63, 3.8) is 0 Å². The predicted molar refractivity (Wildman–Crippen MR) is 115 cm³/mol. The fourth-order valence-electron chi connectivity index (χ4n) is 3.44. The maximum atomic E-state index is 14.2. The molecule has 4 rings (SSSR count). The largest absolute Gasteiger partial charge is 0.495 e. The summed E-state index contributed by atoms with van der Waals surface area (Å²) >= 11 is 0. The van der Waals surface area contributed by atoms with Crippen LogP contribution in [0.5, 0.6) is 17.2 Å². The normalized spacial score (nSPS) is 14.6. The van der Waals surface area contributed by atoms with Crippen LogP contribution in [0, 0.1) is 5.82 Å². The molecule has 158 valence electrons. The lowest BCUT2D eigenvalue weighted by molar-refractivity contribution is 0.0398. The van der Waals surface area contributed by atoms with Gasteiger partial charge in [0.15, 0.2) is 11.6 Å². The highest BCUT2D eigenvalue weighted by molar-refractivity contribution is 5.90. The summed E-state index contributed by atoms with van der Waals surface area (Å²) in [5.41, 5.74) is 7.49. The van der Waals surface area contributed by atoms with Gasteiger partial charge in [-0.25, -0.2) is 4.39 Å². The van der Waals surface area contributed by atoms with E-state index in [9.17, 15) is 4.39 Å². The third-order valence-corrected chi connectivity index (χ3v) is 5.05. The molecular formula is C22H25FN4O3. The van der Waals surface area contributed by atoms with Crippen molar-refractivity contribution in [2.24, 2.45) is 0 Å². The Bertz CT molecular complexity index is 1020. The van der Waals surface area contributed by atoms with Gasteiger partial charge in [0, 0.05) is 55.6 Å². The Morgan fingerprint density at radius 1 is 1.13 bits per heavy atom. The molecule has 2 aromatic carbocycles. The van der Waals surface area contributed by atoms with Crippen molar-refractivity contribution in [3.05, 3.63) is 48.4 Å². The minimum atomic E-state index is -0.516. The number of nitrogens with one attached hydrogen (secondary N) is 1. The van der Waals surface area contributed by atoms with Gasteiger partial charge in [-0.3, -0.25) is 9.88 Å². The van der Waals surface area contributed by atoms with Crippen molar-refractivity contribution in [2.45, 2.75) is 0 Å². The van der Waals surface area contributed by atoms with Crippen LogP contribution >= 0.6 is 0 Å². The molecular weight excluding hydrogens is 387 g/mol. The van der Waals surface area contributed by atoms with Gasteiger partial charge in [-0.05, 0) is 24.3 Å². The molecule has 1 saturated heterocycles. The monoisotopic (exact) mass is 412 g/mol. The second-order valence-electron chi connectivity index (χ2n) is 7.05. The molecule has 3 N–H and O–H groups in total. The Kier molecular flexibility index (Phi) is 6.15. The molecule has 0 bridgehead atoms. The first-order chi connectivity index (χ1) is 14.6. The summed E-state index contributed by atoms with van der Waals surface area (Å²) in [5.74, 6) is 0.780. The predicted octanol–water partition coefficient (Wildman–Crippen LogP) is 3.50. The number of pyridine rings is 1. The van der Waals surface area contributed by atoms with E-state index >= 15 is 0 Å². The van der Waals surface area contributed by atoms with Crippen LogP contribution in [0.2, 0.25) is 0 Å². The smallest absolute Gasteiger partial charge is 0.167 e. The van der Waals surface area contributed by atoms with Crippen LogP contribution in [-0.2, 0) is 4.74 Å². The quantitative estimate of drug-likeness (QED) is 0.575. The van der Waals surface area contributed by atoms with Gasteiger partial charge in [0.1, 0.15) is 11.5 Å². The van der Waals surface area contributed by atoms with Gasteiger partial charge < -0.3 is 25.3 Å². The van der Waals surface area contributed by atoms with Crippen LogP contribution in [0.15, 0.2) is 42.6 Å². The number of benzene rings is 2. The molecule has 0 aliphatic carbocycles. The number of ether oxygens (including phenoxy) is 3. The number of halogens is 1. The first-order valence-electron chi connectivity index (χ1n) is 9.87. The van der Waals surface area contributed by atoms with Gasteiger partial charge in [0.25, 0.3) is 0 Å². The van der Waals surface area contributed by atoms with Crippen molar-refractivity contribution >= 4 is 22.3 Å². The summed E-state index contributed by atoms with van der Waals surface area (Å²) in [4.78, 5) is 6.75. The Morgan fingerprint density at radius 3 is 2.73 bits per heavy atom. The summed E-state index contributed by atoms with van der Waals surface area (Å²) in [6.45, 7) is 5.07. The maximum Gasteiger partial charge on any atom is 0.167 e. The number of nitrogen functional groups attached to an aromatic ring is 1. The first-order valence-corrected chi connectivity index (χ1v) is 9.87. The lowest BCUT2D eigenvalue weighted by Crippen LogP contribution is -2.39. The fourth-order valence-corrected chi connectivity index (χ4v) is 3.44. The van der Waals surface area contributed by atoms with E-state index in [-0.39, 0.29) is 5.75 Å². The SMILES string of the molecule is COc1cc2nccc(Oc3ccc(N)cc3F)c2cc1NCCN1CCOCC1. The van der Waals surface area contributed by atoms with E-state index in [0.717, 1.165) is 50.5 Å². The lowest BCUT2D eigenvalue weighted by Gasteiger charge is -2.26. The molecule has 0 radical (unpaired) electrons. The zero-order valence-electron chi connectivity index (χ0n) is 16.9. The minimum Gasteiger partial charge on any atom is -0.495 e. The topological polar surface area (TPSA) is 81.9 Å². The number of fused-ring (bicyclic) bond motifs is 1. The second-order valence-corrected chi connectivity index (χ2v) is 7.05. The van der Waals surface area contributed by atoms with Gasteiger partial charge in [-0.2, -0.15) is 0 Å². The Labute approximate surface area is 174 Å². The van der Waals surface area contributed by atoms with Gasteiger partial charge >= 0.3 is 0 Å². The van der Waals surface area contributed by atoms with Crippen LogP contribution < -0.4 is 20.5 Å². The summed E-state index contributed by atoms with van der Waals surface area (Å²) in [7, 11) is 1.62.